The molecule has 1 N–H and O–H groups in total. The molecule has 0 bridgehead atoms. The smallest absolute Gasteiger partial charge is 0.407 e. The van der Waals surface area contributed by atoms with Crippen molar-refractivity contribution >= 4 is 45.0 Å². The Balaban J connectivity index is 1.54. The van der Waals surface area contributed by atoms with Crippen LogP contribution in [0.5, 0.6) is 5.75 Å². The van der Waals surface area contributed by atoms with Gasteiger partial charge in [0.1, 0.15) is 28.6 Å². The van der Waals surface area contributed by atoms with Crippen molar-refractivity contribution in [3.05, 3.63) is 76.2 Å². The Hall–Kier alpha value is -3.83. The molecule has 1 aliphatic carbocycles. The number of carbonyl (C=O) groups excluding carboxylic acids is 1. The van der Waals surface area contributed by atoms with Crippen LogP contribution in [-0.2, 0) is 6.54 Å². The average Bonchev–Trinajstić information content (AvgIpc) is 3.35. The summed E-state index contributed by atoms with van der Waals surface area (Å²) < 4.78 is 34.8. The first kappa shape index (κ1) is 28.7. The molecule has 41 heavy (non-hydrogen) atoms. The van der Waals surface area contributed by atoms with Crippen molar-refractivity contribution in [1.82, 2.24) is 19.8 Å². The molecule has 214 valence electrons. The van der Waals surface area contributed by atoms with Crippen molar-refractivity contribution < 1.29 is 28.2 Å². The molecule has 5 rings (SSSR count). The van der Waals surface area contributed by atoms with Crippen molar-refractivity contribution in [3.8, 4) is 16.9 Å². The molecule has 8 nitrogen and oxygen atoms in total. The van der Waals surface area contributed by atoms with Crippen molar-refractivity contribution in [2.75, 3.05) is 14.2 Å². The second-order valence-electron chi connectivity index (χ2n) is 9.92. The van der Waals surface area contributed by atoms with E-state index in [2.05, 4.69) is 9.97 Å². The minimum absolute atomic E-state index is 0.0197. The average molecular weight is 601 g/mol. The van der Waals surface area contributed by atoms with Crippen LogP contribution in [-0.4, -0.2) is 63.1 Å². The third-order valence-electron chi connectivity index (χ3n) is 7.61. The summed E-state index contributed by atoms with van der Waals surface area (Å²) in [6.07, 6.45) is 5.98. The van der Waals surface area contributed by atoms with Crippen molar-refractivity contribution in [2.24, 2.45) is 0 Å². The van der Waals surface area contributed by atoms with Crippen LogP contribution in [0.2, 0.25) is 5.02 Å². The van der Waals surface area contributed by atoms with E-state index in [9.17, 15) is 23.5 Å². The number of aromatic nitrogens is 2. The number of carbonyl (C=O) groups is 2. The van der Waals surface area contributed by atoms with Gasteiger partial charge in [0.2, 0.25) is 0 Å². The summed E-state index contributed by atoms with van der Waals surface area (Å²) in [6.45, 7) is 0.128. The number of hydrogen-bond donors (Lipinski definition) is 1. The summed E-state index contributed by atoms with van der Waals surface area (Å²) >= 11 is 7.35. The van der Waals surface area contributed by atoms with E-state index >= 15 is 0 Å². The first-order valence-electron chi connectivity index (χ1n) is 12.9. The summed E-state index contributed by atoms with van der Waals surface area (Å²) in [6, 6.07) is 7.13. The molecule has 12 heteroatoms. The van der Waals surface area contributed by atoms with Crippen LogP contribution < -0.4 is 4.74 Å². The van der Waals surface area contributed by atoms with Gasteiger partial charge in [0.25, 0.3) is 5.91 Å². The molecule has 2 heterocycles. The molecule has 0 atom stereocenters. The van der Waals surface area contributed by atoms with Gasteiger partial charge in [-0.15, -0.1) is 11.3 Å². The van der Waals surface area contributed by atoms with Gasteiger partial charge >= 0.3 is 6.09 Å². The Morgan fingerprint density at radius 2 is 1.71 bits per heavy atom. The zero-order chi connectivity index (χ0) is 29.3. The van der Waals surface area contributed by atoms with Crippen LogP contribution in [0.4, 0.5) is 13.6 Å². The number of amides is 2. The lowest BCUT2D eigenvalue weighted by atomic mass is 9.89. The van der Waals surface area contributed by atoms with Gasteiger partial charge in [-0.1, -0.05) is 17.7 Å². The first-order chi connectivity index (χ1) is 19.7. The van der Waals surface area contributed by atoms with Gasteiger partial charge in [-0.3, -0.25) is 4.79 Å². The van der Waals surface area contributed by atoms with Gasteiger partial charge in [-0.2, -0.15) is 0 Å². The number of ether oxygens (including phenoxy) is 1. The van der Waals surface area contributed by atoms with Crippen LogP contribution >= 0.6 is 22.9 Å². The highest BCUT2D eigenvalue weighted by atomic mass is 35.5. The van der Waals surface area contributed by atoms with E-state index in [1.165, 1.54) is 18.3 Å². The topological polar surface area (TPSA) is 95.9 Å². The third kappa shape index (κ3) is 5.69. The summed E-state index contributed by atoms with van der Waals surface area (Å²) in [5.41, 5.74) is 2.32. The number of fused-ring (bicyclic) bond motifs is 1. The molecule has 0 unspecified atom stereocenters. The Bertz CT molecular complexity index is 1590. The van der Waals surface area contributed by atoms with E-state index in [0.717, 1.165) is 34.6 Å². The number of benzene rings is 2. The number of halogens is 3. The van der Waals surface area contributed by atoms with Crippen LogP contribution in [0.25, 0.3) is 21.2 Å². The Kier molecular flexibility index (Phi) is 8.37. The molecule has 0 saturated heterocycles. The number of methoxy groups -OCH3 is 1. The molecule has 2 aromatic heterocycles. The first-order valence-corrected chi connectivity index (χ1v) is 14.1. The molecule has 0 aliphatic heterocycles. The fraction of sp³-hybridized carbons (Fsp3) is 0.310. The van der Waals surface area contributed by atoms with Gasteiger partial charge in [-0.05, 0) is 55.5 Å². The predicted molar refractivity (Wildman–Crippen MR) is 152 cm³/mol. The lowest BCUT2D eigenvalue weighted by Crippen LogP contribution is -2.46. The van der Waals surface area contributed by atoms with Gasteiger partial charge in [0.05, 0.1) is 22.2 Å². The predicted octanol–water partition coefficient (Wildman–Crippen LogP) is 6.86. The van der Waals surface area contributed by atoms with Gasteiger partial charge in [0.15, 0.2) is 0 Å². The van der Waals surface area contributed by atoms with E-state index in [-0.39, 0.29) is 38.6 Å². The summed E-state index contributed by atoms with van der Waals surface area (Å²) in [5.74, 6) is -1.26. The van der Waals surface area contributed by atoms with E-state index in [1.54, 1.807) is 30.4 Å². The van der Waals surface area contributed by atoms with E-state index in [4.69, 9.17) is 16.3 Å². The number of hydrogen-bond acceptors (Lipinski definition) is 6. The number of rotatable bonds is 7. The van der Waals surface area contributed by atoms with E-state index in [0.29, 0.717) is 37.0 Å². The lowest BCUT2D eigenvalue weighted by molar-refractivity contribution is 0.0555. The zero-order valence-electron chi connectivity index (χ0n) is 22.3. The second-order valence-corrected chi connectivity index (χ2v) is 11.3. The number of thiophene rings is 1. The highest BCUT2D eigenvalue weighted by Crippen LogP contribution is 2.41. The molecule has 4 aromatic rings. The normalized spacial score (nSPS) is 16.9. The highest BCUT2D eigenvalue weighted by molar-refractivity contribution is 7.21. The molecule has 0 spiro atoms. The van der Waals surface area contributed by atoms with Crippen LogP contribution in [0.15, 0.2) is 49.1 Å². The maximum Gasteiger partial charge on any atom is 0.407 e. The summed E-state index contributed by atoms with van der Waals surface area (Å²) in [4.78, 5) is 36.9. The minimum Gasteiger partial charge on any atom is -0.496 e. The molecular formula is C29H27ClF2N4O4S. The standard InChI is InChI=1S/C29H27ClF2N4O4S/c1-35(29(38)39)19-4-6-20(7-5-19)36(28(37)27-25(30)24-21(31)8-9-22(32)26(24)41-27)14-17-11-16(3-10-23(17)40-2)18-12-33-15-34-13-18/h3,8-13,15,19-20H,4-7,14H2,1-2H3,(H,38,39). The fourth-order valence-electron chi connectivity index (χ4n) is 5.36. The Morgan fingerprint density at radius 3 is 2.34 bits per heavy atom. The maximum absolute atomic E-state index is 14.6. The maximum atomic E-state index is 14.6. The van der Waals surface area contributed by atoms with Gasteiger partial charge < -0.3 is 19.6 Å². The largest absolute Gasteiger partial charge is 0.496 e. The SMILES string of the molecule is COc1ccc(-c2cncnc2)cc1CN(C(=O)c1sc2c(F)ccc(F)c2c1Cl)C1CCC(N(C)C(=O)O)CC1. The quantitative estimate of drug-likeness (QED) is 0.249. The third-order valence-corrected chi connectivity index (χ3v) is 9.28. The van der Waals surface area contributed by atoms with Crippen molar-refractivity contribution in [3.63, 3.8) is 0 Å². The van der Waals surface area contributed by atoms with Gasteiger partial charge in [-0.25, -0.2) is 23.5 Å². The monoisotopic (exact) mass is 600 g/mol. The van der Waals surface area contributed by atoms with Crippen LogP contribution in [0, 0.1) is 11.6 Å². The zero-order valence-corrected chi connectivity index (χ0v) is 23.9. The van der Waals surface area contributed by atoms with Crippen LogP contribution in [0.3, 0.4) is 0 Å². The molecule has 1 fully saturated rings. The lowest BCUT2D eigenvalue weighted by Gasteiger charge is -2.39. The van der Waals surface area contributed by atoms with Gasteiger partial charge in [0, 0.05) is 49.2 Å². The van der Waals surface area contributed by atoms with Crippen molar-refractivity contribution in [1.29, 1.82) is 0 Å². The molecule has 1 aliphatic rings. The Morgan fingerprint density at radius 1 is 1.05 bits per heavy atom. The Labute approximate surface area is 244 Å². The highest BCUT2D eigenvalue weighted by Gasteiger charge is 2.34. The van der Waals surface area contributed by atoms with Crippen molar-refractivity contribution in [2.45, 2.75) is 44.3 Å². The number of nitrogens with zero attached hydrogens (tertiary/aromatic N) is 4. The van der Waals surface area contributed by atoms with Crippen LogP contribution in [0.1, 0.15) is 40.9 Å². The summed E-state index contributed by atoms with van der Waals surface area (Å²) in [5, 5.41) is 9.19. The molecule has 2 amide bonds. The van der Waals surface area contributed by atoms with E-state index < -0.39 is 23.6 Å². The molecule has 0 radical (unpaired) electrons. The number of carboxylic acid groups (broad SMARTS) is 1. The molecule has 2 aromatic carbocycles. The summed E-state index contributed by atoms with van der Waals surface area (Å²) in [7, 11) is 3.08. The van der Waals surface area contributed by atoms with E-state index in [1.807, 2.05) is 12.1 Å². The fourth-order valence-corrected chi connectivity index (χ4v) is 6.86. The minimum atomic E-state index is -1.01. The second kappa shape index (κ2) is 12.0. The molecular weight excluding hydrogens is 574 g/mol. The molecule has 1 saturated carbocycles.